The Morgan fingerprint density at radius 2 is 2.24 bits per heavy atom. The van der Waals surface area contributed by atoms with Crippen LogP contribution in [-0.2, 0) is 0 Å². The number of terminal acetylenes is 1. The molecule has 0 aliphatic rings. The normalized spacial score (nSPS) is 9.71. The van der Waals surface area contributed by atoms with Crippen LogP contribution in [0.1, 0.15) is 29.6 Å². The first-order valence-corrected chi connectivity index (χ1v) is 6.49. The van der Waals surface area contributed by atoms with E-state index in [1.807, 2.05) is 0 Å². The highest BCUT2D eigenvalue weighted by atomic mass is 79.9. The van der Waals surface area contributed by atoms with Crippen molar-refractivity contribution in [2.45, 2.75) is 19.3 Å². The van der Waals surface area contributed by atoms with E-state index in [0.29, 0.717) is 17.1 Å². The maximum atomic E-state index is 11.8. The van der Waals surface area contributed by atoms with Gasteiger partial charge in [-0.15, -0.1) is 12.3 Å². The molecule has 0 atom stereocenters. The molecule has 1 N–H and O–H groups in total. The molecule has 0 heterocycles. The minimum Gasteiger partial charge on any atom is -0.352 e. The van der Waals surface area contributed by atoms with Crippen LogP contribution in [0.4, 0.5) is 0 Å². The molecule has 0 aliphatic carbocycles. The number of carbonyl (C=O) groups is 1. The van der Waals surface area contributed by atoms with Crippen molar-refractivity contribution in [3.8, 4) is 12.3 Å². The highest BCUT2D eigenvalue weighted by molar-refractivity contribution is 9.10. The number of unbranched alkanes of at least 4 members (excludes halogenated alkanes) is 2. The van der Waals surface area contributed by atoms with E-state index in [1.165, 1.54) is 0 Å². The summed E-state index contributed by atoms with van der Waals surface area (Å²) in [4.78, 5) is 11.8. The molecule has 0 fully saturated rings. The molecule has 0 saturated heterocycles. The largest absolute Gasteiger partial charge is 0.352 e. The van der Waals surface area contributed by atoms with Gasteiger partial charge in [-0.2, -0.15) is 0 Å². The lowest BCUT2D eigenvalue weighted by atomic mass is 10.2. The van der Waals surface area contributed by atoms with Crippen LogP contribution in [0.15, 0.2) is 22.7 Å². The second-order valence-corrected chi connectivity index (χ2v) is 4.75. The predicted molar refractivity (Wildman–Crippen MR) is 74.2 cm³/mol. The number of hydrogen-bond donors (Lipinski definition) is 1. The number of nitrogens with one attached hydrogen (secondary N) is 1. The molecule has 0 unspecified atom stereocenters. The van der Waals surface area contributed by atoms with Gasteiger partial charge in [0, 0.05) is 17.4 Å². The van der Waals surface area contributed by atoms with Crippen LogP contribution in [0.3, 0.4) is 0 Å². The third kappa shape index (κ3) is 4.41. The molecule has 1 rings (SSSR count). The van der Waals surface area contributed by atoms with Crippen molar-refractivity contribution in [1.29, 1.82) is 0 Å². The van der Waals surface area contributed by atoms with Gasteiger partial charge in [0.05, 0.1) is 10.6 Å². The smallest absolute Gasteiger partial charge is 0.252 e. The molecule has 1 amide bonds. The fourth-order valence-corrected chi connectivity index (χ4v) is 1.91. The molecule has 17 heavy (non-hydrogen) atoms. The number of amides is 1. The Balaban J connectivity index is 2.48. The van der Waals surface area contributed by atoms with Crippen molar-refractivity contribution in [3.63, 3.8) is 0 Å². The zero-order valence-corrected chi connectivity index (χ0v) is 11.6. The van der Waals surface area contributed by atoms with E-state index in [1.54, 1.807) is 18.2 Å². The SMILES string of the molecule is C#CCCCCNC(=O)c1cccc(Br)c1Cl. The predicted octanol–water partition coefficient (Wildman–Crippen LogP) is 3.64. The van der Waals surface area contributed by atoms with E-state index in [9.17, 15) is 4.79 Å². The zero-order valence-electron chi connectivity index (χ0n) is 9.30. The zero-order chi connectivity index (χ0) is 12.7. The van der Waals surface area contributed by atoms with Gasteiger partial charge in [-0.3, -0.25) is 4.79 Å². The van der Waals surface area contributed by atoms with Crippen molar-refractivity contribution in [3.05, 3.63) is 33.3 Å². The number of carbonyl (C=O) groups excluding carboxylic acids is 1. The highest BCUT2D eigenvalue weighted by Crippen LogP contribution is 2.25. The average molecular weight is 315 g/mol. The number of rotatable bonds is 5. The Kier molecular flexibility index (Phi) is 6.10. The molecule has 1 aromatic carbocycles. The van der Waals surface area contributed by atoms with Gasteiger partial charge in [0.2, 0.25) is 0 Å². The quantitative estimate of drug-likeness (QED) is 0.652. The van der Waals surface area contributed by atoms with Gasteiger partial charge in [0.15, 0.2) is 0 Å². The van der Waals surface area contributed by atoms with Crippen molar-refractivity contribution in [2.75, 3.05) is 6.54 Å². The molecule has 0 bridgehead atoms. The van der Waals surface area contributed by atoms with Crippen LogP contribution in [0.25, 0.3) is 0 Å². The number of hydrogen-bond acceptors (Lipinski definition) is 1. The molecule has 1 aromatic rings. The van der Waals surface area contributed by atoms with Crippen LogP contribution in [0.2, 0.25) is 5.02 Å². The summed E-state index contributed by atoms with van der Waals surface area (Å²) in [5.41, 5.74) is 0.484. The Morgan fingerprint density at radius 1 is 1.47 bits per heavy atom. The third-order valence-electron chi connectivity index (χ3n) is 2.23. The van der Waals surface area contributed by atoms with E-state index in [0.717, 1.165) is 23.7 Å². The first-order chi connectivity index (χ1) is 8.16. The van der Waals surface area contributed by atoms with Crippen LogP contribution in [0, 0.1) is 12.3 Å². The minimum atomic E-state index is -0.156. The van der Waals surface area contributed by atoms with E-state index < -0.39 is 0 Å². The summed E-state index contributed by atoms with van der Waals surface area (Å²) in [6, 6.07) is 5.28. The van der Waals surface area contributed by atoms with Crippen LogP contribution in [-0.4, -0.2) is 12.5 Å². The molecule has 0 saturated carbocycles. The van der Waals surface area contributed by atoms with Gasteiger partial charge in [0.25, 0.3) is 5.91 Å². The van der Waals surface area contributed by atoms with Crippen molar-refractivity contribution in [2.24, 2.45) is 0 Å². The molecule has 90 valence electrons. The van der Waals surface area contributed by atoms with Gasteiger partial charge < -0.3 is 5.32 Å². The molecule has 4 heteroatoms. The lowest BCUT2D eigenvalue weighted by molar-refractivity contribution is 0.0953. The number of benzene rings is 1. The Morgan fingerprint density at radius 3 is 2.94 bits per heavy atom. The van der Waals surface area contributed by atoms with Crippen molar-refractivity contribution < 1.29 is 4.79 Å². The van der Waals surface area contributed by atoms with Gasteiger partial charge in [-0.1, -0.05) is 17.7 Å². The second-order valence-electron chi connectivity index (χ2n) is 3.52. The van der Waals surface area contributed by atoms with Crippen LogP contribution >= 0.6 is 27.5 Å². The molecular formula is C13H13BrClNO. The maximum Gasteiger partial charge on any atom is 0.252 e. The maximum absolute atomic E-state index is 11.8. The molecule has 2 nitrogen and oxygen atoms in total. The van der Waals surface area contributed by atoms with Crippen LogP contribution in [0.5, 0.6) is 0 Å². The molecule has 0 radical (unpaired) electrons. The summed E-state index contributed by atoms with van der Waals surface area (Å²) < 4.78 is 0.721. The second kappa shape index (κ2) is 7.37. The summed E-state index contributed by atoms with van der Waals surface area (Å²) in [5, 5.41) is 3.25. The van der Waals surface area contributed by atoms with E-state index in [4.69, 9.17) is 18.0 Å². The first-order valence-electron chi connectivity index (χ1n) is 5.32. The van der Waals surface area contributed by atoms with Gasteiger partial charge in [0.1, 0.15) is 0 Å². The number of halogens is 2. The van der Waals surface area contributed by atoms with E-state index >= 15 is 0 Å². The summed E-state index contributed by atoms with van der Waals surface area (Å²) in [6.07, 6.45) is 7.68. The molecule has 0 aliphatic heterocycles. The molecule has 0 aromatic heterocycles. The summed E-state index contributed by atoms with van der Waals surface area (Å²) in [6.45, 7) is 0.614. The Labute approximate surface area is 115 Å². The van der Waals surface area contributed by atoms with Gasteiger partial charge >= 0.3 is 0 Å². The lowest BCUT2D eigenvalue weighted by Gasteiger charge is -2.07. The first kappa shape index (κ1) is 14.1. The van der Waals surface area contributed by atoms with Gasteiger partial charge in [-0.05, 0) is 40.9 Å². The topological polar surface area (TPSA) is 29.1 Å². The lowest BCUT2D eigenvalue weighted by Crippen LogP contribution is -2.24. The summed E-state index contributed by atoms with van der Waals surface area (Å²) in [7, 11) is 0. The molecular weight excluding hydrogens is 302 g/mol. The standard InChI is InChI=1S/C13H13BrClNO/c1-2-3-4-5-9-16-13(17)10-7-6-8-11(14)12(10)15/h1,6-8H,3-5,9H2,(H,16,17). The van der Waals surface area contributed by atoms with Crippen molar-refractivity contribution in [1.82, 2.24) is 5.32 Å². The Bertz CT molecular complexity index is 440. The monoisotopic (exact) mass is 313 g/mol. The van der Waals surface area contributed by atoms with E-state index in [2.05, 4.69) is 27.2 Å². The summed E-state index contributed by atoms with van der Waals surface area (Å²) in [5.74, 6) is 2.41. The average Bonchev–Trinajstić information content (AvgIpc) is 2.32. The fraction of sp³-hybridized carbons (Fsp3) is 0.308. The van der Waals surface area contributed by atoms with Crippen molar-refractivity contribution >= 4 is 33.4 Å². The van der Waals surface area contributed by atoms with E-state index in [-0.39, 0.29) is 5.91 Å². The third-order valence-corrected chi connectivity index (χ3v) is 3.53. The molecule has 0 spiro atoms. The Hall–Kier alpha value is -0.980. The van der Waals surface area contributed by atoms with Gasteiger partial charge in [-0.25, -0.2) is 0 Å². The summed E-state index contributed by atoms with van der Waals surface area (Å²) >= 11 is 9.30. The minimum absolute atomic E-state index is 0.156. The van der Waals surface area contributed by atoms with Crippen LogP contribution < -0.4 is 5.32 Å². The fourth-order valence-electron chi connectivity index (χ4n) is 1.33. The highest BCUT2D eigenvalue weighted by Gasteiger charge is 2.11.